The predicted octanol–water partition coefficient (Wildman–Crippen LogP) is 6.88. The number of nitrogens with one attached hydrogen (secondary N) is 1. The maximum Gasteiger partial charge on any atom is 0.0609 e. The van der Waals surface area contributed by atoms with Crippen molar-refractivity contribution in [1.29, 1.82) is 0 Å². The number of anilines is 1. The number of unbranched alkanes of at least 4 members (excludes halogenated alkanes) is 3. The first-order valence-corrected chi connectivity index (χ1v) is 11.8. The zero-order chi connectivity index (χ0) is 19.3. The normalized spacial score (nSPS) is 18.9. The van der Waals surface area contributed by atoms with Gasteiger partial charge in [-0.25, -0.2) is 0 Å². The van der Waals surface area contributed by atoms with Crippen molar-refractivity contribution in [3.63, 3.8) is 0 Å². The van der Waals surface area contributed by atoms with Crippen LogP contribution in [0.5, 0.6) is 0 Å². The Labute approximate surface area is 175 Å². The molecule has 0 saturated heterocycles. The van der Waals surface area contributed by atoms with Crippen molar-refractivity contribution in [3.05, 3.63) is 59.2 Å². The van der Waals surface area contributed by atoms with E-state index in [-0.39, 0.29) is 6.04 Å². The molecular formula is C25H34N2S. The van der Waals surface area contributed by atoms with Gasteiger partial charge in [0.1, 0.15) is 0 Å². The quantitative estimate of drug-likeness (QED) is 0.388. The minimum atomic E-state index is 0.277. The van der Waals surface area contributed by atoms with E-state index in [1.807, 2.05) is 11.9 Å². The Kier molecular flexibility index (Phi) is 6.64. The van der Waals surface area contributed by atoms with Gasteiger partial charge in [-0.15, -0.1) is 0 Å². The zero-order valence-corrected chi connectivity index (χ0v) is 18.2. The molecule has 0 amide bonds. The Bertz CT molecular complexity index is 784. The molecule has 0 aromatic heterocycles. The second kappa shape index (κ2) is 9.37. The second-order valence-electron chi connectivity index (χ2n) is 8.58. The molecule has 0 radical (unpaired) electrons. The Balaban J connectivity index is 1.39. The van der Waals surface area contributed by atoms with E-state index in [9.17, 15) is 0 Å². The average molecular weight is 395 g/mol. The van der Waals surface area contributed by atoms with E-state index in [0.29, 0.717) is 0 Å². The highest BCUT2D eigenvalue weighted by molar-refractivity contribution is 8.00. The summed E-state index contributed by atoms with van der Waals surface area (Å²) in [7, 11) is 2.18. The number of rotatable bonds is 8. The number of hydrogen-bond donors (Lipinski definition) is 1. The molecule has 28 heavy (non-hydrogen) atoms. The minimum absolute atomic E-state index is 0.277. The molecule has 2 aromatic carbocycles. The van der Waals surface area contributed by atoms with Gasteiger partial charge in [0.2, 0.25) is 0 Å². The van der Waals surface area contributed by atoms with Crippen LogP contribution in [-0.4, -0.2) is 13.6 Å². The molecule has 1 aliphatic carbocycles. The van der Waals surface area contributed by atoms with Crippen molar-refractivity contribution in [1.82, 2.24) is 5.32 Å². The van der Waals surface area contributed by atoms with Crippen molar-refractivity contribution < 1.29 is 0 Å². The predicted molar refractivity (Wildman–Crippen MR) is 122 cm³/mol. The fourth-order valence-corrected chi connectivity index (χ4v) is 5.59. The lowest BCUT2D eigenvalue weighted by Crippen LogP contribution is -2.24. The van der Waals surface area contributed by atoms with Crippen LogP contribution in [0.2, 0.25) is 0 Å². The molecule has 4 rings (SSSR count). The van der Waals surface area contributed by atoms with Crippen LogP contribution in [-0.2, 0) is 0 Å². The average Bonchev–Trinajstić information content (AvgIpc) is 2.77. The van der Waals surface area contributed by atoms with Gasteiger partial charge in [-0.2, -0.15) is 0 Å². The number of aryl methyl sites for hydroxylation is 1. The lowest BCUT2D eigenvalue weighted by molar-refractivity contribution is 0.286. The number of nitrogens with zero attached hydrogens (tertiary/aromatic N) is 1. The van der Waals surface area contributed by atoms with Crippen molar-refractivity contribution in [3.8, 4) is 0 Å². The van der Waals surface area contributed by atoms with Crippen molar-refractivity contribution in [2.75, 3.05) is 17.9 Å². The van der Waals surface area contributed by atoms with Crippen LogP contribution in [0.3, 0.4) is 0 Å². The first-order chi connectivity index (χ1) is 13.7. The van der Waals surface area contributed by atoms with Gasteiger partial charge < -0.3 is 9.62 Å². The van der Waals surface area contributed by atoms with E-state index < -0.39 is 0 Å². The molecule has 150 valence electrons. The SMILES string of the molecule is Cc1ccc2c(c1)SN(C)c1ccccc1C2NCCCCCCC1CCC1. The molecule has 1 N–H and O–H groups in total. The summed E-state index contributed by atoms with van der Waals surface area (Å²) in [5, 5.41) is 3.90. The van der Waals surface area contributed by atoms with Crippen LogP contribution in [0.1, 0.15) is 74.1 Å². The molecule has 2 aromatic rings. The largest absolute Gasteiger partial charge is 0.315 e. The van der Waals surface area contributed by atoms with Gasteiger partial charge >= 0.3 is 0 Å². The van der Waals surface area contributed by atoms with E-state index in [1.165, 1.54) is 78.6 Å². The van der Waals surface area contributed by atoms with Crippen LogP contribution >= 0.6 is 11.9 Å². The van der Waals surface area contributed by atoms with Crippen LogP contribution in [0.4, 0.5) is 5.69 Å². The first-order valence-electron chi connectivity index (χ1n) is 11.1. The maximum absolute atomic E-state index is 3.90. The van der Waals surface area contributed by atoms with Crippen LogP contribution in [0.25, 0.3) is 0 Å². The molecule has 1 aliphatic heterocycles. The highest BCUT2D eigenvalue weighted by Gasteiger charge is 2.26. The summed E-state index contributed by atoms with van der Waals surface area (Å²) in [5.41, 5.74) is 5.46. The monoisotopic (exact) mass is 394 g/mol. The van der Waals surface area contributed by atoms with Crippen LogP contribution in [0.15, 0.2) is 47.4 Å². The van der Waals surface area contributed by atoms with Gasteiger partial charge in [0.25, 0.3) is 0 Å². The minimum Gasteiger partial charge on any atom is -0.315 e. The number of hydrogen-bond acceptors (Lipinski definition) is 3. The van der Waals surface area contributed by atoms with E-state index >= 15 is 0 Å². The molecular weight excluding hydrogens is 360 g/mol. The van der Waals surface area contributed by atoms with Gasteiger partial charge in [0.05, 0.1) is 11.7 Å². The molecule has 1 unspecified atom stereocenters. The Hall–Kier alpha value is -1.45. The topological polar surface area (TPSA) is 15.3 Å². The number of fused-ring (bicyclic) bond motifs is 2. The van der Waals surface area contributed by atoms with E-state index in [1.54, 1.807) is 0 Å². The van der Waals surface area contributed by atoms with Gasteiger partial charge in [-0.1, -0.05) is 75.3 Å². The van der Waals surface area contributed by atoms with Crippen molar-refractivity contribution >= 4 is 17.6 Å². The molecule has 2 nitrogen and oxygen atoms in total. The summed E-state index contributed by atoms with van der Waals surface area (Å²) in [6.45, 7) is 3.27. The molecule has 1 heterocycles. The van der Waals surface area contributed by atoms with Crippen molar-refractivity contribution in [2.24, 2.45) is 5.92 Å². The molecule has 0 spiro atoms. The molecule has 1 saturated carbocycles. The molecule has 0 bridgehead atoms. The Morgan fingerprint density at radius 1 is 1.00 bits per heavy atom. The van der Waals surface area contributed by atoms with Gasteiger partial charge in [0.15, 0.2) is 0 Å². The first kappa shape index (κ1) is 19.8. The third kappa shape index (κ3) is 4.58. The van der Waals surface area contributed by atoms with Crippen LogP contribution < -0.4 is 9.62 Å². The summed E-state index contributed by atoms with van der Waals surface area (Å²) in [4.78, 5) is 1.37. The fourth-order valence-electron chi connectivity index (χ4n) is 4.50. The second-order valence-corrected chi connectivity index (χ2v) is 9.75. The summed E-state index contributed by atoms with van der Waals surface area (Å²) in [6.07, 6.45) is 11.4. The third-order valence-corrected chi connectivity index (χ3v) is 7.44. The summed E-state index contributed by atoms with van der Waals surface area (Å²) >= 11 is 1.85. The third-order valence-electron chi connectivity index (χ3n) is 6.41. The lowest BCUT2D eigenvalue weighted by Gasteiger charge is -2.25. The molecule has 2 aliphatic rings. The summed E-state index contributed by atoms with van der Waals surface area (Å²) < 4.78 is 2.32. The molecule has 1 atom stereocenters. The van der Waals surface area contributed by atoms with Crippen molar-refractivity contribution in [2.45, 2.75) is 69.2 Å². The maximum atomic E-state index is 3.90. The summed E-state index contributed by atoms with van der Waals surface area (Å²) in [5.74, 6) is 1.06. The molecule has 3 heteroatoms. The zero-order valence-electron chi connectivity index (χ0n) is 17.4. The molecule has 1 fully saturated rings. The van der Waals surface area contributed by atoms with E-state index in [4.69, 9.17) is 0 Å². The number of para-hydroxylation sites is 1. The van der Waals surface area contributed by atoms with E-state index in [2.05, 4.69) is 66.1 Å². The highest BCUT2D eigenvalue weighted by Crippen LogP contribution is 2.43. The Morgan fingerprint density at radius 3 is 2.64 bits per heavy atom. The van der Waals surface area contributed by atoms with Gasteiger partial charge in [-0.05, 0) is 66.6 Å². The lowest BCUT2D eigenvalue weighted by atomic mass is 9.82. The van der Waals surface area contributed by atoms with Gasteiger partial charge in [-0.3, -0.25) is 0 Å². The van der Waals surface area contributed by atoms with E-state index in [0.717, 1.165) is 12.5 Å². The van der Waals surface area contributed by atoms with Crippen LogP contribution in [0, 0.1) is 12.8 Å². The Morgan fingerprint density at radius 2 is 1.82 bits per heavy atom. The standard InChI is InChI=1S/C25H34N2S/c1-19-15-16-22-24(18-19)28-27(2)23-14-7-6-13-21(23)25(22)26-17-8-4-3-5-10-20-11-9-12-20/h6-7,13-16,18,20,25-26H,3-5,8-12,17H2,1-2H3. The number of benzene rings is 2. The summed E-state index contributed by atoms with van der Waals surface area (Å²) in [6, 6.07) is 16.0. The highest BCUT2D eigenvalue weighted by atomic mass is 32.2. The smallest absolute Gasteiger partial charge is 0.0609 e. The fraction of sp³-hybridized carbons (Fsp3) is 0.520. The van der Waals surface area contributed by atoms with Gasteiger partial charge in [0, 0.05) is 11.9 Å².